The molecule has 4 rings (SSSR count). The van der Waals surface area contributed by atoms with Crippen LogP contribution in [0.3, 0.4) is 0 Å². The Morgan fingerprint density at radius 3 is 2.77 bits per heavy atom. The van der Waals surface area contributed by atoms with E-state index in [0.717, 1.165) is 35.5 Å². The number of nitrogens with zero attached hydrogens (tertiary/aromatic N) is 2. The lowest BCUT2D eigenvalue weighted by atomic mass is 10.1. The van der Waals surface area contributed by atoms with Gasteiger partial charge >= 0.3 is 0 Å². The lowest BCUT2D eigenvalue weighted by molar-refractivity contribution is 0.320. The maximum absolute atomic E-state index is 13.0. The maximum atomic E-state index is 13.0. The van der Waals surface area contributed by atoms with Gasteiger partial charge in [-0.2, -0.15) is 9.40 Å². The van der Waals surface area contributed by atoms with Crippen LogP contribution in [0.15, 0.2) is 60.7 Å². The standard InChI is InChI=1S/C22H24ClN3O3S/c23-18-8-4-9-20(14-18)29-13-11-19-15-21(25-24-19)22-10-5-12-26(22)30(27,28)16-17-6-2-1-3-7-17/h1-4,6-9,14-15,22H,5,10-13,16H2,(H,24,25)/t22-/m0/s1. The van der Waals surface area contributed by atoms with Crippen molar-refractivity contribution >= 4 is 21.6 Å². The highest BCUT2D eigenvalue weighted by molar-refractivity contribution is 7.88. The van der Waals surface area contributed by atoms with Crippen molar-refractivity contribution in [1.29, 1.82) is 0 Å². The van der Waals surface area contributed by atoms with Gasteiger partial charge in [0.15, 0.2) is 0 Å². The van der Waals surface area contributed by atoms with Gasteiger partial charge in [-0.25, -0.2) is 8.42 Å². The van der Waals surface area contributed by atoms with Gasteiger partial charge in [-0.3, -0.25) is 5.10 Å². The number of rotatable bonds is 8. The molecule has 1 saturated heterocycles. The van der Waals surface area contributed by atoms with Gasteiger partial charge in [0.25, 0.3) is 0 Å². The topological polar surface area (TPSA) is 75.3 Å². The Labute approximate surface area is 181 Å². The highest BCUT2D eigenvalue weighted by atomic mass is 35.5. The van der Waals surface area contributed by atoms with E-state index in [1.807, 2.05) is 48.5 Å². The summed E-state index contributed by atoms with van der Waals surface area (Å²) < 4.78 is 33.3. The molecule has 158 valence electrons. The molecular weight excluding hydrogens is 422 g/mol. The molecule has 0 saturated carbocycles. The molecule has 3 aromatic rings. The fourth-order valence-electron chi connectivity index (χ4n) is 3.75. The van der Waals surface area contributed by atoms with E-state index in [0.29, 0.717) is 24.6 Å². The Kier molecular flexibility index (Phi) is 6.41. The minimum Gasteiger partial charge on any atom is -0.493 e. The van der Waals surface area contributed by atoms with Crippen LogP contribution < -0.4 is 4.74 Å². The van der Waals surface area contributed by atoms with Gasteiger partial charge in [-0.15, -0.1) is 0 Å². The highest BCUT2D eigenvalue weighted by Crippen LogP contribution is 2.34. The number of aromatic amines is 1. The van der Waals surface area contributed by atoms with E-state index in [9.17, 15) is 8.42 Å². The number of hydrogen-bond acceptors (Lipinski definition) is 4. The summed E-state index contributed by atoms with van der Waals surface area (Å²) in [4.78, 5) is 0. The van der Waals surface area contributed by atoms with Crippen molar-refractivity contribution < 1.29 is 13.2 Å². The number of sulfonamides is 1. The van der Waals surface area contributed by atoms with Gasteiger partial charge in [0.05, 0.1) is 24.1 Å². The number of halogens is 1. The van der Waals surface area contributed by atoms with Gasteiger partial charge < -0.3 is 4.74 Å². The summed E-state index contributed by atoms with van der Waals surface area (Å²) in [5.41, 5.74) is 2.48. The average Bonchev–Trinajstić information content (AvgIpc) is 3.38. The molecule has 1 aromatic heterocycles. The van der Waals surface area contributed by atoms with Gasteiger partial charge in [-0.1, -0.05) is 48.0 Å². The van der Waals surface area contributed by atoms with Crippen LogP contribution in [-0.4, -0.2) is 36.1 Å². The molecule has 1 aliphatic rings. The zero-order valence-electron chi connectivity index (χ0n) is 16.5. The zero-order chi connectivity index (χ0) is 21.0. The van der Waals surface area contributed by atoms with Crippen molar-refractivity contribution in [2.75, 3.05) is 13.2 Å². The molecular formula is C22H24ClN3O3S. The monoisotopic (exact) mass is 445 g/mol. The summed E-state index contributed by atoms with van der Waals surface area (Å²) in [5, 5.41) is 8.06. The van der Waals surface area contributed by atoms with E-state index >= 15 is 0 Å². The van der Waals surface area contributed by atoms with Crippen molar-refractivity contribution in [3.05, 3.63) is 82.6 Å². The summed E-state index contributed by atoms with van der Waals surface area (Å²) in [7, 11) is -3.42. The maximum Gasteiger partial charge on any atom is 0.218 e. The molecule has 1 aliphatic heterocycles. The molecule has 0 unspecified atom stereocenters. The number of H-pyrrole nitrogens is 1. The molecule has 0 radical (unpaired) electrons. The summed E-state index contributed by atoms with van der Waals surface area (Å²) in [6.07, 6.45) is 2.25. The Bertz CT molecular complexity index is 1090. The van der Waals surface area contributed by atoms with Crippen LogP contribution in [0.2, 0.25) is 5.02 Å². The summed E-state index contributed by atoms with van der Waals surface area (Å²) in [5.74, 6) is 0.728. The molecule has 30 heavy (non-hydrogen) atoms. The van der Waals surface area contributed by atoms with E-state index in [1.54, 1.807) is 16.4 Å². The Hall–Kier alpha value is -2.35. The number of aromatic nitrogens is 2. The quantitative estimate of drug-likeness (QED) is 0.559. The molecule has 1 atom stereocenters. The fraction of sp³-hybridized carbons (Fsp3) is 0.318. The number of ether oxygens (including phenoxy) is 1. The molecule has 1 fully saturated rings. The van der Waals surface area contributed by atoms with Crippen LogP contribution >= 0.6 is 11.6 Å². The van der Waals surface area contributed by atoms with Crippen molar-refractivity contribution in [2.24, 2.45) is 0 Å². The Morgan fingerprint density at radius 1 is 1.13 bits per heavy atom. The van der Waals surface area contributed by atoms with E-state index in [-0.39, 0.29) is 11.8 Å². The van der Waals surface area contributed by atoms with E-state index in [2.05, 4.69) is 10.2 Å². The van der Waals surface area contributed by atoms with Crippen molar-refractivity contribution in [1.82, 2.24) is 14.5 Å². The second-order valence-electron chi connectivity index (χ2n) is 7.38. The zero-order valence-corrected chi connectivity index (χ0v) is 18.1. The number of hydrogen-bond donors (Lipinski definition) is 1. The van der Waals surface area contributed by atoms with Crippen LogP contribution in [0.5, 0.6) is 5.75 Å². The predicted molar refractivity (Wildman–Crippen MR) is 117 cm³/mol. The van der Waals surface area contributed by atoms with Crippen LogP contribution in [0.1, 0.15) is 35.8 Å². The smallest absolute Gasteiger partial charge is 0.218 e. The van der Waals surface area contributed by atoms with Crippen LogP contribution in [0.4, 0.5) is 0 Å². The molecule has 0 bridgehead atoms. The third-order valence-corrected chi connectivity index (χ3v) is 7.27. The van der Waals surface area contributed by atoms with Gasteiger partial charge in [0.2, 0.25) is 10.0 Å². The molecule has 6 nitrogen and oxygen atoms in total. The Morgan fingerprint density at radius 2 is 1.97 bits per heavy atom. The third kappa shape index (κ3) is 5.03. The number of nitrogens with one attached hydrogen (secondary N) is 1. The van der Waals surface area contributed by atoms with Crippen molar-refractivity contribution in [2.45, 2.75) is 31.1 Å². The second kappa shape index (κ2) is 9.20. The molecule has 2 aromatic carbocycles. The van der Waals surface area contributed by atoms with Crippen LogP contribution in [0, 0.1) is 0 Å². The average molecular weight is 446 g/mol. The van der Waals surface area contributed by atoms with Crippen molar-refractivity contribution in [3.8, 4) is 5.75 Å². The van der Waals surface area contributed by atoms with E-state index < -0.39 is 10.0 Å². The first-order valence-electron chi connectivity index (χ1n) is 9.97. The lowest BCUT2D eigenvalue weighted by Gasteiger charge is -2.22. The van der Waals surface area contributed by atoms with Crippen LogP contribution in [0.25, 0.3) is 0 Å². The summed E-state index contributed by atoms with van der Waals surface area (Å²) in [6, 6.07) is 18.3. The molecule has 0 spiro atoms. The second-order valence-corrected chi connectivity index (χ2v) is 9.74. The fourth-order valence-corrected chi connectivity index (χ4v) is 5.72. The highest BCUT2D eigenvalue weighted by Gasteiger charge is 2.36. The first kappa shape index (κ1) is 20.9. The lowest BCUT2D eigenvalue weighted by Crippen LogP contribution is -2.31. The van der Waals surface area contributed by atoms with Gasteiger partial charge in [0.1, 0.15) is 5.75 Å². The van der Waals surface area contributed by atoms with Gasteiger partial charge in [0, 0.05) is 23.7 Å². The summed E-state index contributed by atoms with van der Waals surface area (Å²) in [6.45, 7) is 1.00. The number of benzene rings is 2. The van der Waals surface area contributed by atoms with E-state index in [1.165, 1.54) is 0 Å². The summed E-state index contributed by atoms with van der Waals surface area (Å²) >= 11 is 5.97. The first-order chi connectivity index (χ1) is 14.5. The minimum atomic E-state index is -3.42. The molecule has 1 N–H and O–H groups in total. The molecule has 0 aliphatic carbocycles. The van der Waals surface area contributed by atoms with Crippen LogP contribution in [-0.2, 0) is 22.2 Å². The van der Waals surface area contributed by atoms with Crippen molar-refractivity contribution in [3.63, 3.8) is 0 Å². The predicted octanol–water partition coefficient (Wildman–Crippen LogP) is 4.35. The Balaban J connectivity index is 1.39. The SMILES string of the molecule is O=S(=O)(Cc1ccccc1)N1CCC[C@H]1c1cc(CCOc2cccc(Cl)c2)[nH]n1. The third-order valence-electron chi connectivity index (χ3n) is 5.18. The largest absolute Gasteiger partial charge is 0.493 e. The van der Waals surface area contributed by atoms with E-state index in [4.69, 9.17) is 16.3 Å². The molecule has 0 amide bonds. The van der Waals surface area contributed by atoms with Gasteiger partial charge in [-0.05, 0) is 42.7 Å². The molecule has 2 heterocycles. The normalized spacial score (nSPS) is 17.3. The first-order valence-corrected chi connectivity index (χ1v) is 12.0. The minimum absolute atomic E-state index is 0.00902. The molecule has 8 heteroatoms.